The van der Waals surface area contributed by atoms with Crippen molar-refractivity contribution in [3.8, 4) is 0 Å². The first-order valence-electron chi connectivity index (χ1n) is 20.5. The van der Waals surface area contributed by atoms with Crippen LogP contribution in [0.5, 0.6) is 0 Å². The summed E-state index contributed by atoms with van der Waals surface area (Å²) in [6.07, 6.45) is 34.3. The highest BCUT2D eigenvalue weighted by Gasteiger charge is 2.26. The summed E-state index contributed by atoms with van der Waals surface area (Å²) in [5, 5.41) is 0. The number of nitrogens with two attached hydrogens (primary N) is 1. The Morgan fingerprint density at radius 2 is 0.878 bits per heavy atom. The highest BCUT2D eigenvalue weighted by atomic mass is 31.2. The van der Waals surface area contributed by atoms with Crippen LogP contribution in [0.1, 0.15) is 206 Å². The zero-order valence-corrected chi connectivity index (χ0v) is 32.8. The second-order valence-corrected chi connectivity index (χ2v) is 15.3. The van der Waals surface area contributed by atoms with Crippen molar-refractivity contribution in [1.29, 1.82) is 0 Å². The minimum absolute atomic E-state index is 0.0578. The normalized spacial score (nSPS) is 13.3. The largest absolute Gasteiger partial charge is 0.472 e. The third-order valence-electron chi connectivity index (χ3n) is 8.99. The minimum atomic E-state index is -4.36. The quantitative estimate of drug-likeness (QED) is 0.0361. The molecule has 0 aromatic heterocycles. The molecule has 292 valence electrons. The Bertz CT molecular complexity index is 784. The number of carbonyl (C=O) groups excluding carboxylic acids is 2. The molecule has 0 amide bonds. The molecular weight excluding hydrogens is 641 g/mol. The van der Waals surface area contributed by atoms with Crippen LogP contribution in [0, 0.1) is 0 Å². The third kappa shape index (κ3) is 36.6. The smallest absolute Gasteiger partial charge is 0.462 e. The van der Waals surface area contributed by atoms with Crippen molar-refractivity contribution < 1.29 is 37.6 Å². The first-order chi connectivity index (χ1) is 23.8. The second-order valence-electron chi connectivity index (χ2n) is 13.9. The zero-order valence-electron chi connectivity index (χ0n) is 31.9. The van der Waals surface area contributed by atoms with E-state index in [4.69, 9.17) is 24.3 Å². The number of carbonyl (C=O) groups is 2. The van der Waals surface area contributed by atoms with Crippen molar-refractivity contribution in [3.05, 3.63) is 0 Å². The van der Waals surface area contributed by atoms with Crippen LogP contribution < -0.4 is 5.73 Å². The van der Waals surface area contributed by atoms with Gasteiger partial charge in [0.25, 0.3) is 0 Å². The highest BCUT2D eigenvalue weighted by molar-refractivity contribution is 7.47. The summed E-state index contributed by atoms with van der Waals surface area (Å²) in [6.45, 7) is 3.74. The summed E-state index contributed by atoms with van der Waals surface area (Å²) >= 11 is 0. The number of esters is 2. The van der Waals surface area contributed by atoms with Gasteiger partial charge in [0.05, 0.1) is 13.2 Å². The van der Waals surface area contributed by atoms with Crippen LogP contribution in [0.4, 0.5) is 0 Å². The molecule has 2 unspecified atom stereocenters. The SMILES string of the molecule is CCCCCCCCCCCCCCCCCCCCCC(=O)OC(COC(=O)CCCCCCCCCCC)COP(=O)(O)OCCN. The lowest BCUT2D eigenvalue weighted by Crippen LogP contribution is -2.29. The van der Waals surface area contributed by atoms with Crippen LogP contribution in [0.3, 0.4) is 0 Å². The molecule has 2 atom stereocenters. The van der Waals surface area contributed by atoms with Gasteiger partial charge >= 0.3 is 19.8 Å². The van der Waals surface area contributed by atoms with E-state index < -0.39 is 26.5 Å². The van der Waals surface area contributed by atoms with E-state index in [2.05, 4.69) is 13.8 Å². The average molecular weight is 720 g/mol. The van der Waals surface area contributed by atoms with Gasteiger partial charge in [-0.2, -0.15) is 0 Å². The van der Waals surface area contributed by atoms with E-state index in [1.807, 2.05) is 0 Å². The summed E-state index contributed by atoms with van der Waals surface area (Å²) < 4.78 is 32.6. The van der Waals surface area contributed by atoms with E-state index in [0.29, 0.717) is 6.42 Å². The summed E-state index contributed by atoms with van der Waals surface area (Å²) in [5.74, 6) is -0.819. The van der Waals surface area contributed by atoms with Gasteiger partial charge < -0.3 is 20.1 Å². The molecule has 0 aliphatic heterocycles. The maximum Gasteiger partial charge on any atom is 0.472 e. The standard InChI is InChI=1S/C39H78NO8P/c1-3-5-7-9-11-13-14-15-16-17-18-19-20-21-22-24-26-28-30-32-39(42)48-37(36-47-49(43,44)46-34-33-40)35-45-38(41)31-29-27-25-23-12-10-8-6-4-2/h37H,3-36,40H2,1-2H3,(H,43,44). The van der Waals surface area contributed by atoms with Gasteiger partial charge in [-0.1, -0.05) is 181 Å². The molecule has 0 spiro atoms. The lowest BCUT2D eigenvalue weighted by atomic mass is 10.0. The second kappa shape index (κ2) is 36.8. The fourth-order valence-electron chi connectivity index (χ4n) is 5.93. The molecule has 0 aromatic carbocycles. The number of hydrogen-bond acceptors (Lipinski definition) is 8. The van der Waals surface area contributed by atoms with E-state index >= 15 is 0 Å². The Hall–Kier alpha value is -0.990. The van der Waals surface area contributed by atoms with Crippen LogP contribution >= 0.6 is 7.82 Å². The maximum atomic E-state index is 12.5. The third-order valence-corrected chi connectivity index (χ3v) is 9.98. The fraction of sp³-hybridized carbons (Fsp3) is 0.949. The summed E-state index contributed by atoms with van der Waals surface area (Å²) in [4.78, 5) is 34.7. The Kier molecular flexibility index (Phi) is 36.0. The monoisotopic (exact) mass is 720 g/mol. The van der Waals surface area contributed by atoms with Gasteiger partial charge in [-0.25, -0.2) is 4.57 Å². The Morgan fingerprint density at radius 3 is 1.24 bits per heavy atom. The van der Waals surface area contributed by atoms with Crippen LogP contribution in [0.2, 0.25) is 0 Å². The van der Waals surface area contributed by atoms with E-state index in [1.54, 1.807) is 0 Å². The molecule has 0 saturated carbocycles. The minimum Gasteiger partial charge on any atom is -0.462 e. The summed E-state index contributed by atoms with van der Waals surface area (Å²) in [5.41, 5.74) is 5.33. The molecule has 0 rings (SSSR count). The lowest BCUT2D eigenvalue weighted by molar-refractivity contribution is -0.161. The molecule has 0 heterocycles. The van der Waals surface area contributed by atoms with Crippen molar-refractivity contribution in [1.82, 2.24) is 0 Å². The predicted octanol–water partition coefficient (Wildman–Crippen LogP) is 11.3. The molecule has 0 aliphatic carbocycles. The van der Waals surface area contributed by atoms with E-state index in [-0.39, 0.29) is 38.6 Å². The van der Waals surface area contributed by atoms with E-state index in [9.17, 15) is 19.0 Å². The average Bonchev–Trinajstić information content (AvgIpc) is 3.08. The zero-order chi connectivity index (χ0) is 36.1. The molecule has 0 aliphatic rings. The first kappa shape index (κ1) is 48.0. The summed E-state index contributed by atoms with van der Waals surface area (Å²) in [7, 11) is -4.36. The molecule has 0 aromatic rings. The van der Waals surface area contributed by atoms with Gasteiger partial charge in [-0.15, -0.1) is 0 Å². The number of unbranched alkanes of at least 4 members (excludes halogenated alkanes) is 26. The van der Waals surface area contributed by atoms with Crippen molar-refractivity contribution in [2.75, 3.05) is 26.4 Å². The van der Waals surface area contributed by atoms with E-state index in [1.165, 1.54) is 141 Å². The predicted molar refractivity (Wildman–Crippen MR) is 201 cm³/mol. The number of phosphoric acid groups is 1. The van der Waals surface area contributed by atoms with Gasteiger partial charge in [-0.05, 0) is 12.8 Å². The Balaban J connectivity index is 4.06. The van der Waals surface area contributed by atoms with Crippen LogP contribution in [0.25, 0.3) is 0 Å². The van der Waals surface area contributed by atoms with Gasteiger partial charge in [0.15, 0.2) is 6.10 Å². The first-order valence-corrected chi connectivity index (χ1v) is 22.0. The highest BCUT2D eigenvalue weighted by Crippen LogP contribution is 2.43. The number of ether oxygens (including phenoxy) is 2. The van der Waals surface area contributed by atoms with Gasteiger partial charge in [0.2, 0.25) is 0 Å². The maximum absolute atomic E-state index is 12.5. The molecule has 9 nitrogen and oxygen atoms in total. The van der Waals surface area contributed by atoms with Crippen LogP contribution in [0.15, 0.2) is 0 Å². The molecule has 0 bridgehead atoms. The van der Waals surface area contributed by atoms with E-state index in [0.717, 1.165) is 32.1 Å². The van der Waals surface area contributed by atoms with Gasteiger partial charge in [0.1, 0.15) is 6.61 Å². The van der Waals surface area contributed by atoms with Crippen molar-refractivity contribution in [2.45, 2.75) is 213 Å². The van der Waals surface area contributed by atoms with Crippen molar-refractivity contribution in [3.63, 3.8) is 0 Å². The summed E-state index contributed by atoms with van der Waals surface area (Å²) in [6, 6.07) is 0. The number of phosphoric ester groups is 1. The Labute approximate surface area is 301 Å². The molecular formula is C39H78NO8P. The molecule has 0 saturated heterocycles. The number of rotatable bonds is 39. The van der Waals surface area contributed by atoms with Crippen molar-refractivity contribution in [2.24, 2.45) is 5.73 Å². The topological polar surface area (TPSA) is 134 Å². The molecule has 10 heteroatoms. The van der Waals surface area contributed by atoms with Crippen LogP contribution in [-0.2, 0) is 32.7 Å². The number of hydrogen-bond donors (Lipinski definition) is 2. The molecule has 3 N–H and O–H groups in total. The molecule has 0 fully saturated rings. The van der Waals surface area contributed by atoms with Crippen LogP contribution in [-0.4, -0.2) is 49.3 Å². The van der Waals surface area contributed by atoms with Gasteiger partial charge in [0, 0.05) is 19.4 Å². The fourth-order valence-corrected chi connectivity index (χ4v) is 6.69. The van der Waals surface area contributed by atoms with Gasteiger partial charge in [-0.3, -0.25) is 18.6 Å². The molecule has 0 radical (unpaired) electrons. The van der Waals surface area contributed by atoms with Crippen molar-refractivity contribution >= 4 is 19.8 Å². The Morgan fingerprint density at radius 1 is 0.531 bits per heavy atom. The lowest BCUT2D eigenvalue weighted by Gasteiger charge is -2.19. The molecule has 49 heavy (non-hydrogen) atoms.